The average Bonchev–Trinajstić information content (AvgIpc) is 3.03. The van der Waals surface area contributed by atoms with Crippen LogP contribution < -0.4 is 0 Å². The Labute approximate surface area is 169 Å². The van der Waals surface area contributed by atoms with Crippen molar-refractivity contribution < 1.29 is 9.90 Å². The van der Waals surface area contributed by atoms with E-state index in [2.05, 4.69) is 40.0 Å². The molecule has 3 atom stereocenters. The summed E-state index contributed by atoms with van der Waals surface area (Å²) in [5.74, 6) is -1.24. The zero-order valence-electron chi connectivity index (χ0n) is 16.2. The maximum atomic E-state index is 11.6. The minimum absolute atomic E-state index is 0.0894. The summed E-state index contributed by atoms with van der Waals surface area (Å²) in [5, 5.41) is 11.2. The summed E-state index contributed by atoms with van der Waals surface area (Å²) in [6, 6.07) is 10.4. The molecule has 1 aliphatic heterocycles. The molecule has 6 heteroatoms. The lowest BCUT2D eigenvalue weighted by Crippen LogP contribution is -2.46. The van der Waals surface area contributed by atoms with Gasteiger partial charge in [-0.2, -0.15) is 0 Å². The van der Waals surface area contributed by atoms with Crippen LogP contribution in [0.1, 0.15) is 42.3 Å². The van der Waals surface area contributed by atoms with Crippen LogP contribution in [0, 0.1) is 12.8 Å². The number of nitrogens with one attached hydrogen (secondary N) is 1. The van der Waals surface area contributed by atoms with E-state index >= 15 is 0 Å². The molecule has 1 aromatic carbocycles. The lowest BCUT2D eigenvalue weighted by molar-refractivity contribution is -0.142. The molecule has 0 radical (unpaired) electrons. The van der Waals surface area contributed by atoms with E-state index in [1.165, 1.54) is 10.9 Å². The van der Waals surface area contributed by atoms with Crippen LogP contribution in [0.2, 0.25) is 5.15 Å². The van der Waals surface area contributed by atoms with Gasteiger partial charge in [0, 0.05) is 35.4 Å². The van der Waals surface area contributed by atoms with Crippen LogP contribution >= 0.6 is 11.6 Å². The normalized spacial score (nSPS) is 20.9. The topological polar surface area (TPSA) is 69.2 Å². The Morgan fingerprint density at radius 2 is 2.14 bits per heavy atom. The number of carboxylic acid groups (broad SMARTS) is 1. The molecule has 3 heterocycles. The number of aromatic amines is 1. The summed E-state index contributed by atoms with van der Waals surface area (Å²) in [6.45, 7) is 6.38. The van der Waals surface area contributed by atoms with Gasteiger partial charge in [-0.15, -0.1) is 0 Å². The van der Waals surface area contributed by atoms with E-state index in [0.717, 1.165) is 28.8 Å². The third-order valence-corrected chi connectivity index (χ3v) is 6.28. The van der Waals surface area contributed by atoms with Crippen LogP contribution in [-0.2, 0) is 11.2 Å². The van der Waals surface area contributed by atoms with Crippen molar-refractivity contribution in [3.8, 4) is 0 Å². The molecule has 0 amide bonds. The molecule has 1 unspecified atom stereocenters. The van der Waals surface area contributed by atoms with Crippen molar-refractivity contribution in [1.82, 2.24) is 14.9 Å². The zero-order chi connectivity index (χ0) is 20.0. The fourth-order valence-electron chi connectivity index (χ4n) is 4.34. The number of nitrogens with zero attached hydrogens (tertiary/aromatic N) is 2. The van der Waals surface area contributed by atoms with Crippen molar-refractivity contribution in [2.75, 3.05) is 6.54 Å². The maximum absolute atomic E-state index is 11.6. The number of halogens is 1. The molecule has 28 heavy (non-hydrogen) atoms. The highest BCUT2D eigenvalue weighted by Gasteiger charge is 2.37. The molecule has 3 aromatic rings. The molecule has 2 aromatic heterocycles. The molecular weight excluding hydrogens is 374 g/mol. The Kier molecular flexibility index (Phi) is 4.89. The van der Waals surface area contributed by atoms with Gasteiger partial charge < -0.3 is 10.1 Å². The van der Waals surface area contributed by atoms with Crippen LogP contribution in [0.4, 0.5) is 0 Å². The van der Waals surface area contributed by atoms with E-state index in [-0.39, 0.29) is 12.1 Å². The van der Waals surface area contributed by atoms with Gasteiger partial charge in [0.05, 0.1) is 12.0 Å². The van der Waals surface area contributed by atoms with E-state index in [1.54, 1.807) is 13.1 Å². The Bertz CT molecular complexity index is 1050. The highest BCUT2D eigenvalue weighted by molar-refractivity contribution is 6.30. The van der Waals surface area contributed by atoms with Crippen molar-refractivity contribution in [3.05, 3.63) is 64.1 Å². The summed E-state index contributed by atoms with van der Waals surface area (Å²) < 4.78 is 0. The number of benzene rings is 1. The molecule has 5 nitrogen and oxygen atoms in total. The third-order valence-electron chi connectivity index (χ3n) is 5.90. The number of carboxylic acids is 1. The maximum Gasteiger partial charge on any atom is 0.307 e. The van der Waals surface area contributed by atoms with Crippen molar-refractivity contribution in [2.45, 2.75) is 39.3 Å². The first-order valence-electron chi connectivity index (χ1n) is 9.57. The molecule has 1 aliphatic rings. The lowest BCUT2D eigenvalue weighted by atomic mass is 9.87. The smallest absolute Gasteiger partial charge is 0.307 e. The number of aliphatic carboxylic acids is 1. The second kappa shape index (κ2) is 7.22. The first-order chi connectivity index (χ1) is 13.4. The molecular formula is C22H24ClN3O2. The largest absolute Gasteiger partial charge is 0.481 e. The number of para-hydroxylation sites is 1. The highest BCUT2D eigenvalue weighted by Crippen LogP contribution is 2.42. The molecule has 0 saturated heterocycles. The van der Waals surface area contributed by atoms with Gasteiger partial charge in [0.1, 0.15) is 5.15 Å². The van der Waals surface area contributed by atoms with Crippen molar-refractivity contribution in [1.29, 1.82) is 0 Å². The first-order valence-corrected chi connectivity index (χ1v) is 9.95. The number of aromatic nitrogens is 2. The first kappa shape index (κ1) is 19.0. The van der Waals surface area contributed by atoms with Gasteiger partial charge in [-0.05, 0) is 49.1 Å². The fourth-order valence-corrected chi connectivity index (χ4v) is 4.51. The number of carbonyl (C=O) groups is 1. The van der Waals surface area contributed by atoms with E-state index in [9.17, 15) is 9.90 Å². The second-order valence-corrected chi connectivity index (χ2v) is 8.13. The van der Waals surface area contributed by atoms with Crippen LogP contribution in [0.15, 0.2) is 36.5 Å². The Morgan fingerprint density at radius 3 is 2.89 bits per heavy atom. The molecule has 146 valence electrons. The molecule has 0 fully saturated rings. The molecule has 0 bridgehead atoms. The SMILES string of the molecule is Cc1c([C@@H]2c3[nH]c4ccccc4c3C[C@@H](C)N2CC(C)C(=O)O)ccnc1Cl. The van der Waals surface area contributed by atoms with Crippen molar-refractivity contribution in [3.63, 3.8) is 0 Å². The van der Waals surface area contributed by atoms with Crippen LogP contribution in [0.5, 0.6) is 0 Å². The predicted octanol–water partition coefficient (Wildman–Crippen LogP) is 4.58. The Balaban J connectivity index is 1.92. The minimum Gasteiger partial charge on any atom is -0.481 e. The molecule has 0 spiro atoms. The van der Waals surface area contributed by atoms with Gasteiger partial charge in [0.2, 0.25) is 0 Å². The van der Waals surface area contributed by atoms with Gasteiger partial charge in [-0.25, -0.2) is 4.98 Å². The summed E-state index contributed by atoms with van der Waals surface area (Å²) in [7, 11) is 0. The van der Waals surface area contributed by atoms with Crippen LogP contribution in [0.25, 0.3) is 10.9 Å². The molecule has 4 rings (SSSR count). The summed E-state index contributed by atoms with van der Waals surface area (Å²) in [4.78, 5) is 21.7. The van der Waals surface area contributed by atoms with Gasteiger partial charge >= 0.3 is 5.97 Å². The van der Waals surface area contributed by atoms with Crippen molar-refractivity contribution in [2.24, 2.45) is 5.92 Å². The predicted molar refractivity (Wildman–Crippen MR) is 111 cm³/mol. The Hall–Kier alpha value is -2.37. The minimum atomic E-state index is -0.780. The number of pyridine rings is 1. The zero-order valence-corrected chi connectivity index (χ0v) is 17.0. The Morgan fingerprint density at radius 1 is 1.39 bits per heavy atom. The number of rotatable bonds is 4. The standard InChI is InChI=1S/C22H24ClN3O2/c1-12(22(27)28)11-26-13(2)10-17-16-6-4-5-7-18(16)25-19(17)20(26)15-8-9-24-21(23)14(15)3/h4-9,12-13,20,25H,10-11H2,1-3H3,(H,27,28)/t12?,13-,20-/m1/s1. The van der Waals surface area contributed by atoms with Crippen LogP contribution in [0.3, 0.4) is 0 Å². The number of H-pyrrole nitrogens is 1. The molecule has 0 aliphatic carbocycles. The fraction of sp³-hybridized carbons (Fsp3) is 0.364. The number of fused-ring (bicyclic) bond motifs is 3. The average molecular weight is 398 g/mol. The third kappa shape index (κ3) is 3.09. The van der Waals surface area contributed by atoms with E-state index < -0.39 is 11.9 Å². The van der Waals surface area contributed by atoms with Crippen LogP contribution in [-0.4, -0.2) is 38.5 Å². The highest BCUT2D eigenvalue weighted by atomic mass is 35.5. The van der Waals surface area contributed by atoms with Gasteiger partial charge in [-0.3, -0.25) is 9.69 Å². The lowest BCUT2D eigenvalue weighted by Gasteiger charge is -2.42. The second-order valence-electron chi connectivity index (χ2n) is 7.77. The van der Waals surface area contributed by atoms with E-state index in [1.807, 2.05) is 19.1 Å². The van der Waals surface area contributed by atoms with E-state index in [0.29, 0.717) is 11.7 Å². The summed E-state index contributed by atoms with van der Waals surface area (Å²) in [6.07, 6.45) is 2.60. The molecule has 0 saturated carbocycles. The van der Waals surface area contributed by atoms with Gasteiger partial charge in [-0.1, -0.05) is 36.7 Å². The quantitative estimate of drug-likeness (QED) is 0.632. The number of hydrogen-bond donors (Lipinski definition) is 2. The van der Waals surface area contributed by atoms with E-state index in [4.69, 9.17) is 11.6 Å². The van der Waals surface area contributed by atoms with Gasteiger partial charge in [0.15, 0.2) is 0 Å². The summed E-state index contributed by atoms with van der Waals surface area (Å²) in [5.41, 5.74) is 5.54. The van der Waals surface area contributed by atoms with Gasteiger partial charge in [0.25, 0.3) is 0 Å². The number of hydrogen-bond acceptors (Lipinski definition) is 3. The monoisotopic (exact) mass is 397 g/mol. The van der Waals surface area contributed by atoms with Crippen molar-refractivity contribution >= 4 is 28.5 Å². The molecule has 2 N–H and O–H groups in total. The summed E-state index contributed by atoms with van der Waals surface area (Å²) >= 11 is 6.35.